The Bertz CT molecular complexity index is 1050. The van der Waals surface area contributed by atoms with Gasteiger partial charge in [0.15, 0.2) is 5.82 Å². The second kappa shape index (κ2) is 7.06. The number of halogens is 1. The van der Waals surface area contributed by atoms with Gasteiger partial charge in [-0.1, -0.05) is 18.2 Å². The number of benzene rings is 1. The Balaban J connectivity index is 1.59. The Morgan fingerprint density at radius 2 is 2.11 bits per heavy atom. The number of fused-ring (bicyclic) bond motifs is 1. The summed E-state index contributed by atoms with van der Waals surface area (Å²) in [6.45, 7) is 0.606. The quantitative estimate of drug-likeness (QED) is 0.759. The first-order valence-electron chi connectivity index (χ1n) is 8.51. The average molecular weight is 365 g/mol. The number of hydrogen-bond acceptors (Lipinski definition) is 5. The highest BCUT2D eigenvalue weighted by Crippen LogP contribution is 2.18. The van der Waals surface area contributed by atoms with Crippen LogP contribution in [0, 0.1) is 5.82 Å². The van der Waals surface area contributed by atoms with E-state index in [4.69, 9.17) is 0 Å². The van der Waals surface area contributed by atoms with Crippen LogP contribution in [0.5, 0.6) is 0 Å². The van der Waals surface area contributed by atoms with Gasteiger partial charge in [-0.15, -0.1) is 0 Å². The molecular formula is C19H16FN5O2. The van der Waals surface area contributed by atoms with E-state index in [1.165, 1.54) is 24.7 Å². The van der Waals surface area contributed by atoms with Gasteiger partial charge in [0.2, 0.25) is 5.91 Å². The highest BCUT2D eigenvalue weighted by atomic mass is 19.1. The lowest BCUT2D eigenvalue weighted by Crippen LogP contribution is -2.40. The number of aromatic nitrogens is 4. The van der Waals surface area contributed by atoms with E-state index in [0.29, 0.717) is 41.3 Å². The van der Waals surface area contributed by atoms with E-state index in [-0.39, 0.29) is 24.4 Å². The molecule has 3 aromatic rings. The van der Waals surface area contributed by atoms with Gasteiger partial charge in [0.1, 0.15) is 11.5 Å². The smallest absolute Gasteiger partial charge is 0.254 e. The number of nitrogens with zero attached hydrogens (tertiary/aromatic N) is 4. The van der Waals surface area contributed by atoms with Crippen LogP contribution < -0.4 is 5.56 Å². The minimum Gasteiger partial charge on any atom is -0.336 e. The van der Waals surface area contributed by atoms with Crippen LogP contribution in [0.4, 0.5) is 4.39 Å². The molecule has 8 heteroatoms. The molecule has 4 rings (SSSR count). The Kier molecular flexibility index (Phi) is 4.45. The Morgan fingerprint density at radius 3 is 2.89 bits per heavy atom. The molecule has 1 aliphatic rings. The van der Waals surface area contributed by atoms with E-state index in [0.717, 1.165) is 0 Å². The number of aromatic amines is 1. The van der Waals surface area contributed by atoms with Crippen molar-refractivity contribution in [3.05, 3.63) is 75.8 Å². The van der Waals surface area contributed by atoms with Gasteiger partial charge in [0, 0.05) is 24.5 Å². The molecule has 1 N–H and O–H groups in total. The lowest BCUT2D eigenvalue weighted by Gasteiger charge is -2.28. The van der Waals surface area contributed by atoms with Crippen molar-refractivity contribution in [2.45, 2.75) is 19.4 Å². The molecule has 0 radical (unpaired) electrons. The molecule has 0 spiro atoms. The first-order valence-corrected chi connectivity index (χ1v) is 8.51. The average Bonchev–Trinajstić information content (AvgIpc) is 2.70. The maximum Gasteiger partial charge on any atom is 0.254 e. The summed E-state index contributed by atoms with van der Waals surface area (Å²) in [5, 5.41) is 0. The number of amides is 1. The normalized spacial score (nSPS) is 13.3. The van der Waals surface area contributed by atoms with Crippen LogP contribution >= 0.6 is 0 Å². The van der Waals surface area contributed by atoms with Crippen LogP contribution in [0.15, 0.2) is 47.7 Å². The molecule has 1 aliphatic heterocycles. The Labute approximate surface area is 153 Å². The first kappa shape index (κ1) is 17.0. The SMILES string of the molecule is O=C(Cc1ccccc1F)N1CCc2c(nc(-c3cnccn3)[nH]c2=O)C1. The molecule has 7 nitrogen and oxygen atoms in total. The second-order valence-corrected chi connectivity index (χ2v) is 6.26. The van der Waals surface area contributed by atoms with Crippen LogP contribution in [0.1, 0.15) is 16.8 Å². The standard InChI is InChI=1S/C19H16FN5O2/c20-14-4-2-1-3-12(14)9-17(26)25-8-5-13-16(11-25)23-18(24-19(13)27)15-10-21-6-7-22-15/h1-4,6-7,10H,5,8-9,11H2,(H,23,24,27). The zero-order valence-electron chi connectivity index (χ0n) is 14.4. The molecule has 0 saturated carbocycles. The molecular weight excluding hydrogens is 349 g/mol. The molecule has 1 aromatic carbocycles. The molecule has 0 aliphatic carbocycles. The summed E-state index contributed by atoms with van der Waals surface area (Å²) < 4.78 is 13.8. The highest BCUT2D eigenvalue weighted by Gasteiger charge is 2.25. The van der Waals surface area contributed by atoms with E-state index >= 15 is 0 Å². The number of nitrogens with one attached hydrogen (secondary N) is 1. The summed E-state index contributed by atoms with van der Waals surface area (Å²) in [7, 11) is 0. The monoisotopic (exact) mass is 365 g/mol. The number of carbonyl (C=O) groups is 1. The summed E-state index contributed by atoms with van der Waals surface area (Å²) >= 11 is 0. The molecule has 0 fully saturated rings. The largest absolute Gasteiger partial charge is 0.336 e. The molecule has 0 atom stereocenters. The van der Waals surface area contributed by atoms with Crippen molar-refractivity contribution in [3.63, 3.8) is 0 Å². The van der Waals surface area contributed by atoms with Gasteiger partial charge < -0.3 is 9.88 Å². The van der Waals surface area contributed by atoms with E-state index in [2.05, 4.69) is 19.9 Å². The molecule has 1 amide bonds. The van der Waals surface area contributed by atoms with Crippen molar-refractivity contribution >= 4 is 5.91 Å². The van der Waals surface area contributed by atoms with Gasteiger partial charge in [-0.25, -0.2) is 14.4 Å². The van der Waals surface area contributed by atoms with E-state index in [1.54, 1.807) is 23.1 Å². The van der Waals surface area contributed by atoms with Crippen LogP contribution in [0.3, 0.4) is 0 Å². The first-order chi connectivity index (χ1) is 13.1. The van der Waals surface area contributed by atoms with Crippen LogP contribution in [-0.2, 0) is 24.2 Å². The maximum atomic E-state index is 13.8. The third kappa shape index (κ3) is 3.46. The lowest BCUT2D eigenvalue weighted by molar-refractivity contribution is -0.131. The molecule has 2 aromatic heterocycles. The third-order valence-corrected chi connectivity index (χ3v) is 4.53. The fourth-order valence-corrected chi connectivity index (χ4v) is 3.11. The van der Waals surface area contributed by atoms with Crippen molar-refractivity contribution < 1.29 is 9.18 Å². The molecule has 136 valence electrons. The molecule has 0 bridgehead atoms. The molecule has 0 saturated heterocycles. The van der Waals surface area contributed by atoms with Gasteiger partial charge in [-0.3, -0.25) is 14.6 Å². The Hall–Kier alpha value is -3.42. The number of hydrogen-bond donors (Lipinski definition) is 1. The summed E-state index contributed by atoms with van der Waals surface area (Å²) in [4.78, 5) is 41.9. The van der Waals surface area contributed by atoms with Gasteiger partial charge in [0.25, 0.3) is 5.56 Å². The topological polar surface area (TPSA) is 91.8 Å². The van der Waals surface area contributed by atoms with E-state index in [1.807, 2.05) is 0 Å². The zero-order chi connectivity index (χ0) is 18.8. The number of rotatable bonds is 3. The molecule has 0 unspecified atom stereocenters. The van der Waals surface area contributed by atoms with E-state index in [9.17, 15) is 14.0 Å². The minimum absolute atomic E-state index is 0.0256. The van der Waals surface area contributed by atoms with Crippen molar-refractivity contribution in [2.24, 2.45) is 0 Å². The molecule has 27 heavy (non-hydrogen) atoms. The van der Waals surface area contributed by atoms with Crippen molar-refractivity contribution in [1.82, 2.24) is 24.8 Å². The van der Waals surface area contributed by atoms with Crippen molar-refractivity contribution in [2.75, 3.05) is 6.54 Å². The zero-order valence-corrected chi connectivity index (χ0v) is 14.4. The van der Waals surface area contributed by atoms with Gasteiger partial charge in [-0.2, -0.15) is 0 Å². The second-order valence-electron chi connectivity index (χ2n) is 6.26. The third-order valence-electron chi connectivity index (χ3n) is 4.53. The summed E-state index contributed by atoms with van der Waals surface area (Å²) in [6.07, 6.45) is 4.93. The predicted octanol–water partition coefficient (Wildman–Crippen LogP) is 1.49. The van der Waals surface area contributed by atoms with Crippen molar-refractivity contribution in [1.29, 1.82) is 0 Å². The fraction of sp³-hybridized carbons (Fsp3) is 0.211. The van der Waals surface area contributed by atoms with Gasteiger partial charge in [-0.05, 0) is 18.1 Å². The molecule has 3 heterocycles. The van der Waals surface area contributed by atoms with Crippen LogP contribution in [0.25, 0.3) is 11.5 Å². The minimum atomic E-state index is -0.400. The fourth-order valence-electron chi connectivity index (χ4n) is 3.11. The van der Waals surface area contributed by atoms with Gasteiger partial charge >= 0.3 is 0 Å². The number of H-pyrrole nitrogens is 1. The van der Waals surface area contributed by atoms with Crippen molar-refractivity contribution in [3.8, 4) is 11.5 Å². The highest BCUT2D eigenvalue weighted by molar-refractivity contribution is 5.79. The summed E-state index contributed by atoms with van der Waals surface area (Å²) in [5.74, 6) is -0.285. The van der Waals surface area contributed by atoms with Crippen LogP contribution in [0.2, 0.25) is 0 Å². The summed E-state index contributed by atoms with van der Waals surface area (Å²) in [5.41, 5.74) is 1.67. The lowest BCUT2D eigenvalue weighted by atomic mass is 10.0. The van der Waals surface area contributed by atoms with Gasteiger partial charge in [0.05, 0.1) is 24.9 Å². The number of carbonyl (C=O) groups excluding carboxylic acids is 1. The summed E-state index contributed by atoms with van der Waals surface area (Å²) in [6, 6.07) is 6.22. The predicted molar refractivity (Wildman–Crippen MR) is 95.1 cm³/mol. The van der Waals surface area contributed by atoms with E-state index < -0.39 is 5.82 Å². The Morgan fingerprint density at radius 1 is 1.26 bits per heavy atom. The maximum absolute atomic E-state index is 13.8. The van der Waals surface area contributed by atoms with Crippen LogP contribution in [-0.4, -0.2) is 37.3 Å².